The Morgan fingerprint density at radius 2 is 1.97 bits per heavy atom. The molecule has 3 fully saturated rings. The Kier molecular flexibility index (Phi) is 6.04. The third-order valence-corrected chi connectivity index (χ3v) is 8.13. The highest BCUT2D eigenvalue weighted by Gasteiger charge is 2.67. The van der Waals surface area contributed by atoms with Crippen LogP contribution in [0.3, 0.4) is 0 Å². The molecule has 39 heavy (non-hydrogen) atoms. The second-order valence-electron chi connectivity index (χ2n) is 10.4. The van der Waals surface area contributed by atoms with E-state index in [1.807, 2.05) is 12.1 Å². The van der Waals surface area contributed by atoms with Gasteiger partial charge in [0.15, 0.2) is 6.61 Å². The summed E-state index contributed by atoms with van der Waals surface area (Å²) in [5.74, 6) is -0.566. The van der Waals surface area contributed by atoms with Crippen molar-refractivity contribution < 1.29 is 28.2 Å². The molecule has 2 saturated heterocycles. The number of halogens is 1. The van der Waals surface area contributed by atoms with Crippen LogP contribution in [0, 0.1) is 17.7 Å². The lowest BCUT2D eigenvalue weighted by Gasteiger charge is -2.24. The molecular formula is C27H27FN6O5. The molecule has 11 nitrogen and oxygen atoms in total. The van der Waals surface area contributed by atoms with Crippen LogP contribution in [0.15, 0.2) is 48.9 Å². The predicted molar refractivity (Wildman–Crippen MR) is 135 cm³/mol. The van der Waals surface area contributed by atoms with Gasteiger partial charge in [0.25, 0.3) is 5.91 Å². The van der Waals surface area contributed by atoms with Gasteiger partial charge in [-0.05, 0) is 36.1 Å². The lowest BCUT2D eigenvalue weighted by molar-refractivity contribution is -0.150. The number of piperidine rings is 1. The van der Waals surface area contributed by atoms with Crippen molar-refractivity contribution in [3.05, 3.63) is 60.4 Å². The Morgan fingerprint density at radius 1 is 1.18 bits per heavy atom. The van der Waals surface area contributed by atoms with E-state index in [2.05, 4.69) is 22.2 Å². The summed E-state index contributed by atoms with van der Waals surface area (Å²) in [5.41, 5.74) is 2.18. The highest BCUT2D eigenvalue weighted by Crippen LogP contribution is 2.62. The van der Waals surface area contributed by atoms with E-state index >= 15 is 4.39 Å². The number of benzene rings is 1. The van der Waals surface area contributed by atoms with Crippen LogP contribution < -0.4 is 4.90 Å². The number of likely N-dealkylation sites (tertiary alicyclic amines) is 1. The van der Waals surface area contributed by atoms with E-state index in [9.17, 15) is 14.4 Å². The van der Waals surface area contributed by atoms with Crippen LogP contribution in [0.25, 0.3) is 11.1 Å². The first-order valence-electron chi connectivity index (χ1n) is 12.7. The maximum atomic E-state index is 15.2. The summed E-state index contributed by atoms with van der Waals surface area (Å²) >= 11 is 0. The number of amides is 2. The SMILES string of the molecule is CC(=O)OCC(=O)N1C[C@@H]2[C@H](C1)C2(C)c1ccc(-c2ccc(N3C[C@H](Cn4ccnn4)OC3=O)cc2F)cn1. The molecular weight excluding hydrogens is 507 g/mol. The second kappa shape index (κ2) is 9.44. The fraction of sp³-hybridized carbons (Fsp3) is 0.407. The number of hydrogen-bond donors (Lipinski definition) is 0. The molecule has 1 unspecified atom stereocenters. The maximum Gasteiger partial charge on any atom is 0.414 e. The predicted octanol–water partition coefficient (Wildman–Crippen LogP) is 2.41. The van der Waals surface area contributed by atoms with Crippen molar-refractivity contribution in [3.63, 3.8) is 0 Å². The zero-order valence-electron chi connectivity index (χ0n) is 21.5. The largest absolute Gasteiger partial charge is 0.456 e. The first-order chi connectivity index (χ1) is 18.7. The van der Waals surface area contributed by atoms with Crippen LogP contribution in [-0.2, 0) is 31.0 Å². The summed E-state index contributed by atoms with van der Waals surface area (Å²) in [6, 6.07) is 8.43. The van der Waals surface area contributed by atoms with Gasteiger partial charge in [-0.3, -0.25) is 19.5 Å². The highest BCUT2D eigenvalue weighted by atomic mass is 19.1. The van der Waals surface area contributed by atoms with E-state index in [0.717, 1.165) is 5.69 Å². The molecule has 1 aliphatic carbocycles. The van der Waals surface area contributed by atoms with Gasteiger partial charge in [-0.25, -0.2) is 13.9 Å². The number of hydrogen-bond acceptors (Lipinski definition) is 8. The smallest absolute Gasteiger partial charge is 0.414 e. The van der Waals surface area contributed by atoms with E-state index in [1.165, 1.54) is 17.9 Å². The number of carbonyl (C=O) groups excluding carboxylic acids is 3. The summed E-state index contributed by atoms with van der Waals surface area (Å²) in [5, 5.41) is 7.63. The number of carbonyl (C=O) groups is 3. The number of fused-ring (bicyclic) bond motifs is 1. The number of ether oxygens (including phenoxy) is 2. The second-order valence-corrected chi connectivity index (χ2v) is 10.4. The molecule has 1 saturated carbocycles. The fourth-order valence-corrected chi connectivity index (χ4v) is 5.86. The standard InChI is InChI=1S/C27H27FN6O5/c1-16(35)38-15-25(36)32-13-21-22(14-32)27(21,2)24-6-3-17(10-29-24)20-5-4-18(9-23(20)28)34-12-19(39-26(34)37)11-33-8-7-30-31-33/h3-10,19,21-22H,11-15H2,1-2H3/t19-,21-,22+,27?/m0/s1. The molecule has 3 aliphatic rings. The van der Waals surface area contributed by atoms with Crippen LogP contribution in [0.2, 0.25) is 0 Å². The number of pyridine rings is 1. The topological polar surface area (TPSA) is 120 Å². The van der Waals surface area contributed by atoms with E-state index in [1.54, 1.807) is 40.3 Å². The highest BCUT2D eigenvalue weighted by molar-refractivity contribution is 5.90. The van der Waals surface area contributed by atoms with Gasteiger partial charge >= 0.3 is 12.1 Å². The molecule has 2 aromatic heterocycles. The van der Waals surface area contributed by atoms with Gasteiger partial charge < -0.3 is 14.4 Å². The van der Waals surface area contributed by atoms with Crippen molar-refractivity contribution in [2.24, 2.45) is 11.8 Å². The average Bonchev–Trinajstić information content (AvgIpc) is 3.46. The van der Waals surface area contributed by atoms with Crippen LogP contribution in [0.4, 0.5) is 14.9 Å². The Bertz CT molecular complexity index is 1420. The number of esters is 1. The molecule has 6 rings (SSSR count). The summed E-state index contributed by atoms with van der Waals surface area (Å²) in [4.78, 5) is 43.4. The molecule has 0 radical (unpaired) electrons. The minimum Gasteiger partial charge on any atom is -0.456 e. The number of nitrogens with zero attached hydrogens (tertiary/aromatic N) is 6. The van der Waals surface area contributed by atoms with Crippen molar-refractivity contribution in [1.29, 1.82) is 0 Å². The summed E-state index contributed by atoms with van der Waals surface area (Å²) in [6.45, 7) is 5.03. The van der Waals surface area contributed by atoms with Gasteiger partial charge in [-0.15, -0.1) is 5.10 Å². The zero-order chi connectivity index (χ0) is 27.3. The van der Waals surface area contributed by atoms with Gasteiger partial charge in [-0.2, -0.15) is 0 Å². The third-order valence-electron chi connectivity index (χ3n) is 8.13. The summed E-state index contributed by atoms with van der Waals surface area (Å²) in [6.07, 6.45) is 3.94. The molecule has 0 bridgehead atoms. The van der Waals surface area contributed by atoms with Gasteiger partial charge in [0.1, 0.15) is 11.9 Å². The van der Waals surface area contributed by atoms with Crippen LogP contribution >= 0.6 is 0 Å². The van der Waals surface area contributed by atoms with Crippen molar-refractivity contribution in [1.82, 2.24) is 24.9 Å². The lowest BCUT2D eigenvalue weighted by Crippen LogP contribution is -2.37. The Morgan fingerprint density at radius 3 is 2.62 bits per heavy atom. The quantitative estimate of drug-likeness (QED) is 0.424. The lowest BCUT2D eigenvalue weighted by atomic mass is 9.96. The number of cyclic esters (lactones) is 1. The Labute approximate surface area is 223 Å². The van der Waals surface area contributed by atoms with Crippen LogP contribution in [0.5, 0.6) is 0 Å². The molecule has 3 aromatic rings. The number of anilines is 1. The average molecular weight is 535 g/mol. The Balaban J connectivity index is 1.10. The van der Waals surface area contributed by atoms with Crippen molar-refractivity contribution in [2.75, 3.05) is 31.1 Å². The molecule has 0 spiro atoms. The van der Waals surface area contributed by atoms with Gasteiger partial charge in [0.05, 0.1) is 25.0 Å². The molecule has 4 atom stereocenters. The first-order valence-corrected chi connectivity index (χ1v) is 12.7. The maximum absolute atomic E-state index is 15.2. The van der Waals surface area contributed by atoms with Crippen molar-refractivity contribution >= 4 is 23.7 Å². The van der Waals surface area contributed by atoms with Crippen LogP contribution in [-0.4, -0.2) is 75.2 Å². The summed E-state index contributed by atoms with van der Waals surface area (Å²) in [7, 11) is 0. The monoisotopic (exact) mass is 534 g/mol. The molecule has 1 aromatic carbocycles. The van der Waals surface area contributed by atoms with E-state index in [0.29, 0.717) is 36.4 Å². The molecule has 2 amide bonds. The minimum atomic E-state index is -0.534. The Hall–Kier alpha value is -4.35. The van der Waals surface area contributed by atoms with Gasteiger partial charge in [-0.1, -0.05) is 18.2 Å². The number of rotatable bonds is 7. The summed E-state index contributed by atoms with van der Waals surface area (Å²) < 4.78 is 27.0. The normalized spacial score (nSPS) is 25.4. The fourth-order valence-electron chi connectivity index (χ4n) is 5.86. The molecule has 12 heteroatoms. The molecule has 202 valence electrons. The van der Waals surface area contributed by atoms with E-state index in [-0.39, 0.29) is 36.3 Å². The van der Waals surface area contributed by atoms with Gasteiger partial charge in [0.2, 0.25) is 0 Å². The molecule has 2 aliphatic heterocycles. The van der Waals surface area contributed by atoms with Gasteiger partial charge in [0, 0.05) is 54.6 Å². The van der Waals surface area contributed by atoms with E-state index < -0.39 is 24.0 Å². The van der Waals surface area contributed by atoms with Crippen molar-refractivity contribution in [2.45, 2.75) is 31.9 Å². The molecule has 0 N–H and O–H groups in total. The first kappa shape index (κ1) is 25.0. The molecule has 4 heterocycles. The number of aromatic nitrogens is 4. The van der Waals surface area contributed by atoms with Crippen LogP contribution in [0.1, 0.15) is 19.5 Å². The van der Waals surface area contributed by atoms with Crippen molar-refractivity contribution in [3.8, 4) is 11.1 Å². The zero-order valence-corrected chi connectivity index (χ0v) is 21.5. The minimum absolute atomic E-state index is 0.155. The van der Waals surface area contributed by atoms with E-state index in [4.69, 9.17) is 9.47 Å². The third kappa shape index (κ3) is 4.49.